The van der Waals surface area contributed by atoms with Crippen LogP contribution in [0.3, 0.4) is 0 Å². The fraction of sp³-hybridized carbons (Fsp3) is 0.200. The number of benzene rings is 2. The Labute approximate surface area is 146 Å². The zero-order valence-corrected chi connectivity index (χ0v) is 14.9. The summed E-state index contributed by atoms with van der Waals surface area (Å²) < 4.78 is 8.07. The molecule has 22 heavy (non-hydrogen) atoms. The van der Waals surface area contributed by atoms with Crippen molar-refractivity contribution in [2.45, 2.75) is 13.0 Å². The Bertz CT molecular complexity index is 850. The lowest BCUT2D eigenvalue weighted by atomic mass is 10.1. The van der Waals surface area contributed by atoms with Crippen molar-refractivity contribution in [1.29, 1.82) is 0 Å². The van der Waals surface area contributed by atoms with E-state index in [1.807, 2.05) is 35.9 Å². The molecule has 0 fully saturated rings. The number of hydrogen-bond acceptors (Lipinski definition) is 3. The van der Waals surface area contributed by atoms with Crippen LogP contribution in [0.25, 0.3) is 11.0 Å². The van der Waals surface area contributed by atoms with Gasteiger partial charge in [-0.1, -0.05) is 50.4 Å². The second-order valence-electron chi connectivity index (χ2n) is 4.85. The molecule has 0 N–H and O–H groups in total. The minimum absolute atomic E-state index is 0.0891. The number of rotatable bonds is 3. The van der Waals surface area contributed by atoms with Crippen molar-refractivity contribution in [1.82, 2.24) is 15.0 Å². The summed E-state index contributed by atoms with van der Waals surface area (Å²) in [7, 11) is 1.61. The monoisotopic (exact) mass is 399 g/mol. The first kappa shape index (κ1) is 15.6. The molecule has 2 aromatic carbocycles. The van der Waals surface area contributed by atoms with Crippen LogP contribution < -0.4 is 4.74 Å². The summed E-state index contributed by atoms with van der Waals surface area (Å²) in [4.78, 5) is 0. The smallest absolute Gasteiger partial charge is 0.155 e. The summed E-state index contributed by atoms with van der Waals surface area (Å²) in [5.74, 6) is 0.671. The van der Waals surface area contributed by atoms with Crippen molar-refractivity contribution >= 4 is 50.2 Å². The van der Waals surface area contributed by atoms with Crippen LogP contribution in [0.4, 0.5) is 0 Å². The van der Waals surface area contributed by atoms with Crippen LogP contribution in [-0.2, 0) is 0 Å². The SMILES string of the molecule is COc1cc(Br)cc2c1nnn2[C@H](C)c1ccc(Cl)cc1Cl. The van der Waals surface area contributed by atoms with Gasteiger partial charge < -0.3 is 4.74 Å². The molecule has 114 valence electrons. The zero-order chi connectivity index (χ0) is 15.9. The topological polar surface area (TPSA) is 39.9 Å². The van der Waals surface area contributed by atoms with Gasteiger partial charge in [-0.25, -0.2) is 4.68 Å². The minimum Gasteiger partial charge on any atom is -0.494 e. The first-order valence-electron chi connectivity index (χ1n) is 6.54. The molecule has 7 heteroatoms. The number of fused-ring (bicyclic) bond motifs is 1. The molecular weight excluding hydrogens is 389 g/mol. The van der Waals surface area contributed by atoms with Gasteiger partial charge in [0.1, 0.15) is 5.75 Å². The van der Waals surface area contributed by atoms with E-state index in [4.69, 9.17) is 27.9 Å². The Balaban J connectivity index is 2.15. The summed E-state index contributed by atoms with van der Waals surface area (Å²) in [6, 6.07) is 9.17. The standard InChI is InChI=1S/C15H12BrCl2N3O/c1-8(11-4-3-10(17)7-12(11)18)21-13-5-9(16)6-14(22-2)15(13)19-20-21/h3-8H,1-2H3/t8-/m1/s1. The highest BCUT2D eigenvalue weighted by molar-refractivity contribution is 9.10. The Hall–Kier alpha value is -1.30. The predicted molar refractivity (Wildman–Crippen MR) is 92.1 cm³/mol. The molecule has 1 aromatic heterocycles. The Morgan fingerprint density at radius 3 is 2.68 bits per heavy atom. The minimum atomic E-state index is -0.0891. The molecule has 0 saturated carbocycles. The van der Waals surface area contributed by atoms with E-state index in [0.29, 0.717) is 21.3 Å². The maximum atomic E-state index is 6.30. The maximum absolute atomic E-state index is 6.30. The molecule has 0 unspecified atom stereocenters. The van der Waals surface area contributed by atoms with Crippen LogP contribution in [0, 0.1) is 0 Å². The predicted octanol–water partition coefficient (Wildman–Crippen LogP) is 5.12. The molecule has 4 nitrogen and oxygen atoms in total. The van der Waals surface area contributed by atoms with Gasteiger partial charge in [-0.05, 0) is 36.8 Å². The van der Waals surface area contributed by atoms with Crippen LogP contribution in [0.1, 0.15) is 18.5 Å². The molecule has 3 rings (SSSR count). The second-order valence-corrected chi connectivity index (χ2v) is 6.61. The van der Waals surface area contributed by atoms with Gasteiger partial charge in [-0.3, -0.25) is 0 Å². The van der Waals surface area contributed by atoms with Crippen molar-refractivity contribution < 1.29 is 4.74 Å². The highest BCUT2D eigenvalue weighted by atomic mass is 79.9. The summed E-state index contributed by atoms with van der Waals surface area (Å²) in [5.41, 5.74) is 2.50. The summed E-state index contributed by atoms with van der Waals surface area (Å²) in [5, 5.41) is 9.69. The van der Waals surface area contributed by atoms with Gasteiger partial charge in [0.15, 0.2) is 5.52 Å². The van der Waals surface area contributed by atoms with Crippen LogP contribution in [0.5, 0.6) is 5.75 Å². The molecule has 3 aromatic rings. The molecule has 0 aliphatic rings. The van der Waals surface area contributed by atoms with E-state index in [9.17, 15) is 0 Å². The van der Waals surface area contributed by atoms with Crippen LogP contribution >= 0.6 is 39.1 Å². The third kappa shape index (κ3) is 2.69. The van der Waals surface area contributed by atoms with E-state index in [1.54, 1.807) is 13.2 Å². The normalized spacial score (nSPS) is 12.6. The van der Waals surface area contributed by atoms with E-state index in [2.05, 4.69) is 26.2 Å². The highest BCUT2D eigenvalue weighted by Crippen LogP contribution is 2.33. The molecule has 0 aliphatic heterocycles. The van der Waals surface area contributed by atoms with Crippen LogP contribution in [-0.4, -0.2) is 22.1 Å². The van der Waals surface area contributed by atoms with Gasteiger partial charge in [-0.2, -0.15) is 0 Å². The average molecular weight is 401 g/mol. The van der Waals surface area contributed by atoms with E-state index >= 15 is 0 Å². The molecular formula is C15H12BrCl2N3O. The maximum Gasteiger partial charge on any atom is 0.155 e. The van der Waals surface area contributed by atoms with Gasteiger partial charge in [0.05, 0.1) is 18.7 Å². The van der Waals surface area contributed by atoms with Gasteiger partial charge in [0.2, 0.25) is 0 Å². The van der Waals surface area contributed by atoms with E-state index < -0.39 is 0 Å². The van der Waals surface area contributed by atoms with Crippen molar-refractivity contribution in [2.75, 3.05) is 7.11 Å². The molecule has 1 heterocycles. The largest absolute Gasteiger partial charge is 0.494 e. The first-order chi connectivity index (χ1) is 10.5. The number of halogens is 3. The molecule has 1 atom stereocenters. The first-order valence-corrected chi connectivity index (χ1v) is 8.09. The van der Waals surface area contributed by atoms with Gasteiger partial charge in [0.25, 0.3) is 0 Å². The molecule has 0 saturated heterocycles. The van der Waals surface area contributed by atoms with Crippen LogP contribution in [0.15, 0.2) is 34.8 Å². The zero-order valence-electron chi connectivity index (χ0n) is 11.8. The molecule has 0 amide bonds. The summed E-state index contributed by atoms with van der Waals surface area (Å²) in [6.45, 7) is 2.01. The summed E-state index contributed by atoms with van der Waals surface area (Å²) >= 11 is 15.7. The van der Waals surface area contributed by atoms with Crippen molar-refractivity contribution in [3.8, 4) is 5.75 Å². The van der Waals surface area contributed by atoms with E-state index in [-0.39, 0.29) is 6.04 Å². The number of aromatic nitrogens is 3. The quantitative estimate of drug-likeness (QED) is 0.612. The Morgan fingerprint density at radius 2 is 2.00 bits per heavy atom. The highest BCUT2D eigenvalue weighted by Gasteiger charge is 2.18. The molecule has 0 radical (unpaired) electrons. The molecule has 0 bridgehead atoms. The number of nitrogens with zero attached hydrogens (tertiary/aromatic N) is 3. The third-order valence-electron chi connectivity index (χ3n) is 3.51. The van der Waals surface area contributed by atoms with Gasteiger partial charge in [-0.15, -0.1) is 5.10 Å². The lowest BCUT2D eigenvalue weighted by molar-refractivity contribution is 0.418. The number of methoxy groups -OCH3 is 1. The summed E-state index contributed by atoms with van der Waals surface area (Å²) in [6.07, 6.45) is 0. The fourth-order valence-electron chi connectivity index (χ4n) is 2.39. The van der Waals surface area contributed by atoms with E-state index in [1.165, 1.54) is 0 Å². The van der Waals surface area contributed by atoms with Crippen molar-refractivity contribution in [3.05, 3.63) is 50.4 Å². The Kier molecular flexibility index (Phi) is 4.30. The fourth-order valence-corrected chi connectivity index (χ4v) is 3.38. The number of hydrogen-bond donors (Lipinski definition) is 0. The molecule has 0 aliphatic carbocycles. The number of ether oxygens (including phenoxy) is 1. The average Bonchev–Trinajstić information content (AvgIpc) is 2.89. The third-order valence-corrected chi connectivity index (χ3v) is 4.53. The lowest BCUT2D eigenvalue weighted by Gasteiger charge is -2.15. The van der Waals surface area contributed by atoms with Gasteiger partial charge >= 0.3 is 0 Å². The Morgan fingerprint density at radius 1 is 1.23 bits per heavy atom. The van der Waals surface area contributed by atoms with Crippen LogP contribution in [0.2, 0.25) is 10.0 Å². The van der Waals surface area contributed by atoms with E-state index in [0.717, 1.165) is 15.6 Å². The van der Waals surface area contributed by atoms with Crippen molar-refractivity contribution in [3.63, 3.8) is 0 Å². The lowest BCUT2D eigenvalue weighted by Crippen LogP contribution is -2.09. The van der Waals surface area contributed by atoms with Gasteiger partial charge in [0, 0.05) is 14.5 Å². The second kappa shape index (κ2) is 6.07. The van der Waals surface area contributed by atoms with Crippen molar-refractivity contribution in [2.24, 2.45) is 0 Å². The molecule has 0 spiro atoms.